The van der Waals surface area contributed by atoms with E-state index in [2.05, 4.69) is 20.8 Å². The molecule has 0 radical (unpaired) electrons. The fourth-order valence-corrected chi connectivity index (χ4v) is 2.17. The first-order chi connectivity index (χ1) is 7.27. The van der Waals surface area contributed by atoms with Gasteiger partial charge in [-0.15, -0.1) is 0 Å². The number of nitrogens with zero attached hydrogens (tertiary/aromatic N) is 1. The van der Waals surface area contributed by atoms with E-state index < -0.39 is 0 Å². The first kappa shape index (κ1) is 10.7. The Morgan fingerprint density at radius 1 is 1.07 bits per heavy atom. The van der Waals surface area contributed by atoms with Gasteiger partial charge in [0.1, 0.15) is 5.84 Å². The van der Waals surface area contributed by atoms with Crippen LogP contribution in [0.25, 0.3) is 0 Å². The molecule has 1 saturated heterocycles. The molecule has 2 rings (SSSR count). The van der Waals surface area contributed by atoms with Gasteiger partial charge in [-0.1, -0.05) is 28.1 Å². The average Bonchev–Trinajstić information content (AvgIpc) is 2.30. The maximum absolute atomic E-state index is 8.11. The van der Waals surface area contributed by atoms with E-state index in [4.69, 9.17) is 5.41 Å². The summed E-state index contributed by atoms with van der Waals surface area (Å²) < 4.78 is 1.07. The van der Waals surface area contributed by atoms with Crippen LogP contribution < -0.4 is 0 Å². The van der Waals surface area contributed by atoms with Crippen molar-refractivity contribution < 1.29 is 0 Å². The second kappa shape index (κ2) is 4.79. The number of benzene rings is 1. The summed E-state index contributed by atoms with van der Waals surface area (Å²) in [6, 6.07) is 7.99. The zero-order chi connectivity index (χ0) is 10.7. The van der Waals surface area contributed by atoms with Gasteiger partial charge in [0.2, 0.25) is 0 Å². The number of likely N-dealkylation sites (tertiary alicyclic amines) is 1. The maximum atomic E-state index is 8.11. The van der Waals surface area contributed by atoms with Crippen LogP contribution in [0.1, 0.15) is 24.8 Å². The number of piperidine rings is 1. The molecule has 0 unspecified atom stereocenters. The largest absolute Gasteiger partial charge is 0.357 e. The smallest absolute Gasteiger partial charge is 0.128 e. The second-order valence-corrected chi connectivity index (χ2v) is 4.82. The molecular weight excluding hydrogens is 252 g/mol. The number of halogens is 1. The highest BCUT2D eigenvalue weighted by molar-refractivity contribution is 9.10. The molecule has 0 bridgehead atoms. The lowest BCUT2D eigenvalue weighted by atomic mass is 10.1. The lowest BCUT2D eigenvalue weighted by molar-refractivity contribution is 0.341. The molecule has 1 aromatic carbocycles. The number of rotatable bonds is 1. The summed E-state index contributed by atoms with van der Waals surface area (Å²) in [5, 5.41) is 8.11. The molecule has 0 atom stereocenters. The number of nitrogens with one attached hydrogen (secondary N) is 1. The Morgan fingerprint density at radius 3 is 2.27 bits per heavy atom. The zero-order valence-corrected chi connectivity index (χ0v) is 10.3. The van der Waals surface area contributed by atoms with E-state index in [-0.39, 0.29) is 0 Å². The van der Waals surface area contributed by atoms with E-state index in [1.807, 2.05) is 24.3 Å². The van der Waals surface area contributed by atoms with E-state index in [1.165, 1.54) is 19.3 Å². The minimum absolute atomic E-state index is 0.669. The normalized spacial score (nSPS) is 16.5. The molecule has 1 N–H and O–H groups in total. The minimum atomic E-state index is 0.669. The number of amidine groups is 1. The number of hydrogen-bond acceptors (Lipinski definition) is 1. The zero-order valence-electron chi connectivity index (χ0n) is 8.67. The highest BCUT2D eigenvalue weighted by Gasteiger charge is 2.14. The minimum Gasteiger partial charge on any atom is -0.357 e. The first-order valence-corrected chi connectivity index (χ1v) is 6.16. The van der Waals surface area contributed by atoms with E-state index >= 15 is 0 Å². The van der Waals surface area contributed by atoms with Crippen molar-refractivity contribution in [3.63, 3.8) is 0 Å². The molecule has 0 aliphatic carbocycles. The first-order valence-electron chi connectivity index (χ1n) is 5.37. The number of hydrogen-bond donors (Lipinski definition) is 1. The van der Waals surface area contributed by atoms with Crippen molar-refractivity contribution in [2.75, 3.05) is 13.1 Å². The van der Waals surface area contributed by atoms with Gasteiger partial charge in [-0.05, 0) is 31.4 Å². The second-order valence-electron chi connectivity index (χ2n) is 3.90. The van der Waals surface area contributed by atoms with Crippen LogP contribution in [0.4, 0.5) is 0 Å². The van der Waals surface area contributed by atoms with E-state index in [1.54, 1.807) is 0 Å². The highest BCUT2D eigenvalue weighted by Crippen LogP contribution is 2.15. The molecule has 0 spiro atoms. The van der Waals surface area contributed by atoms with Crippen LogP contribution in [-0.4, -0.2) is 23.8 Å². The molecule has 1 aliphatic rings. The van der Waals surface area contributed by atoms with Gasteiger partial charge in [-0.2, -0.15) is 0 Å². The Kier molecular flexibility index (Phi) is 3.41. The molecule has 0 amide bonds. The summed E-state index contributed by atoms with van der Waals surface area (Å²) in [5.74, 6) is 0.669. The van der Waals surface area contributed by atoms with Crippen LogP contribution in [-0.2, 0) is 0 Å². The molecule has 1 fully saturated rings. The van der Waals surface area contributed by atoms with E-state index in [0.717, 1.165) is 23.1 Å². The molecule has 15 heavy (non-hydrogen) atoms. The summed E-state index contributed by atoms with van der Waals surface area (Å²) in [5.41, 5.74) is 1.01. The lowest BCUT2D eigenvalue weighted by Gasteiger charge is -2.29. The summed E-state index contributed by atoms with van der Waals surface area (Å²) >= 11 is 3.41. The van der Waals surface area contributed by atoms with Gasteiger partial charge in [-0.25, -0.2) is 0 Å². The Hall–Kier alpha value is -0.830. The van der Waals surface area contributed by atoms with Crippen LogP contribution in [0.2, 0.25) is 0 Å². The molecule has 80 valence electrons. The van der Waals surface area contributed by atoms with Gasteiger partial charge in [0.15, 0.2) is 0 Å². The SMILES string of the molecule is N=C(c1ccc(Br)cc1)N1CCCCC1. The molecule has 1 aromatic rings. The predicted octanol–water partition coefficient (Wildman–Crippen LogP) is 3.26. The molecule has 2 nitrogen and oxygen atoms in total. The molecular formula is C12H15BrN2. The van der Waals surface area contributed by atoms with Crippen molar-refractivity contribution in [1.82, 2.24) is 4.90 Å². The molecule has 3 heteroatoms. The summed E-state index contributed by atoms with van der Waals surface area (Å²) in [4.78, 5) is 2.17. The van der Waals surface area contributed by atoms with Crippen molar-refractivity contribution in [2.45, 2.75) is 19.3 Å². The van der Waals surface area contributed by atoms with Crippen molar-refractivity contribution >= 4 is 21.8 Å². The quantitative estimate of drug-likeness (QED) is 0.613. The standard InChI is InChI=1S/C12H15BrN2/c13-11-6-4-10(5-7-11)12(14)15-8-2-1-3-9-15/h4-7,14H,1-3,8-9H2. The van der Waals surface area contributed by atoms with Gasteiger partial charge in [0.25, 0.3) is 0 Å². The molecule has 0 aromatic heterocycles. The van der Waals surface area contributed by atoms with Crippen molar-refractivity contribution in [1.29, 1.82) is 5.41 Å². The highest BCUT2D eigenvalue weighted by atomic mass is 79.9. The van der Waals surface area contributed by atoms with Gasteiger partial charge in [0, 0.05) is 23.1 Å². The van der Waals surface area contributed by atoms with Gasteiger partial charge < -0.3 is 4.90 Å². The van der Waals surface area contributed by atoms with Gasteiger partial charge >= 0.3 is 0 Å². The van der Waals surface area contributed by atoms with Crippen LogP contribution in [0.15, 0.2) is 28.7 Å². The maximum Gasteiger partial charge on any atom is 0.128 e. The third kappa shape index (κ3) is 2.59. The monoisotopic (exact) mass is 266 g/mol. The Balaban J connectivity index is 2.09. The Morgan fingerprint density at radius 2 is 1.67 bits per heavy atom. The van der Waals surface area contributed by atoms with Gasteiger partial charge in [0.05, 0.1) is 0 Å². The van der Waals surface area contributed by atoms with Crippen molar-refractivity contribution in [3.8, 4) is 0 Å². The summed E-state index contributed by atoms with van der Waals surface area (Å²) in [6.45, 7) is 2.07. The third-order valence-electron chi connectivity index (χ3n) is 2.79. The summed E-state index contributed by atoms with van der Waals surface area (Å²) in [7, 11) is 0. The summed E-state index contributed by atoms with van der Waals surface area (Å²) in [6.07, 6.45) is 3.75. The van der Waals surface area contributed by atoms with Crippen LogP contribution in [0.5, 0.6) is 0 Å². The predicted molar refractivity (Wildman–Crippen MR) is 66.4 cm³/mol. The van der Waals surface area contributed by atoms with Gasteiger partial charge in [-0.3, -0.25) is 5.41 Å². The van der Waals surface area contributed by atoms with Crippen molar-refractivity contribution in [3.05, 3.63) is 34.3 Å². The Bertz CT molecular complexity index is 339. The fourth-order valence-electron chi connectivity index (χ4n) is 1.91. The fraction of sp³-hybridized carbons (Fsp3) is 0.417. The molecule has 1 heterocycles. The Labute approximate surface area is 98.9 Å². The third-order valence-corrected chi connectivity index (χ3v) is 3.32. The van der Waals surface area contributed by atoms with E-state index in [9.17, 15) is 0 Å². The lowest BCUT2D eigenvalue weighted by Crippen LogP contribution is -2.35. The van der Waals surface area contributed by atoms with E-state index in [0.29, 0.717) is 5.84 Å². The van der Waals surface area contributed by atoms with Crippen LogP contribution >= 0.6 is 15.9 Å². The average molecular weight is 267 g/mol. The molecule has 1 aliphatic heterocycles. The van der Waals surface area contributed by atoms with Crippen LogP contribution in [0.3, 0.4) is 0 Å². The molecule has 0 saturated carbocycles. The van der Waals surface area contributed by atoms with Crippen molar-refractivity contribution in [2.24, 2.45) is 0 Å². The van der Waals surface area contributed by atoms with Crippen LogP contribution in [0, 0.1) is 5.41 Å². The topological polar surface area (TPSA) is 27.1 Å².